The molecule has 26 heavy (non-hydrogen) atoms. The van der Waals surface area contributed by atoms with Crippen LogP contribution >= 0.6 is 0 Å². The number of carbonyl (C=O) groups excluding carboxylic acids is 1. The first-order chi connectivity index (χ1) is 12.5. The van der Waals surface area contributed by atoms with E-state index in [1.807, 2.05) is 45.0 Å². The van der Waals surface area contributed by atoms with E-state index in [9.17, 15) is 9.18 Å². The molecule has 2 aromatic carbocycles. The highest BCUT2D eigenvalue weighted by Gasteiger charge is 2.22. The second-order valence-electron chi connectivity index (χ2n) is 6.16. The van der Waals surface area contributed by atoms with Crippen LogP contribution in [0.1, 0.15) is 29.8 Å². The average Bonchev–Trinajstić information content (AvgIpc) is 3.08. The van der Waals surface area contributed by atoms with E-state index in [-0.39, 0.29) is 11.7 Å². The molecule has 0 unspecified atom stereocenters. The molecule has 1 aromatic heterocycles. The molecule has 0 saturated carbocycles. The lowest BCUT2D eigenvalue weighted by Crippen LogP contribution is -2.30. The van der Waals surface area contributed by atoms with Gasteiger partial charge in [-0.05, 0) is 51.1 Å². The zero-order valence-corrected chi connectivity index (χ0v) is 15.2. The molecule has 3 rings (SSSR count). The maximum Gasteiger partial charge on any atom is 0.257 e. The molecule has 0 atom stereocenters. The summed E-state index contributed by atoms with van der Waals surface area (Å²) in [6.45, 7) is 7.18. The summed E-state index contributed by atoms with van der Waals surface area (Å²) in [6.07, 6.45) is 1.73. The molecule has 0 aliphatic rings. The van der Waals surface area contributed by atoms with Crippen LogP contribution in [-0.2, 0) is 0 Å². The van der Waals surface area contributed by atoms with Crippen molar-refractivity contribution >= 4 is 5.91 Å². The Morgan fingerprint density at radius 3 is 2.42 bits per heavy atom. The number of rotatable bonds is 5. The van der Waals surface area contributed by atoms with Gasteiger partial charge in [0.2, 0.25) is 0 Å². The molecule has 134 valence electrons. The Hall–Kier alpha value is -2.95. The minimum atomic E-state index is -0.306. The molecule has 1 amide bonds. The van der Waals surface area contributed by atoms with E-state index < -0.39 is 0 Å². The first-order valence-electron chi connectivity index (χ1n) is 8.75. The number of nitrogens with zero attached hydrogens (tertiary/aromatic N) is 3. The lowest BCUT2D eigenvalue weighted by molar-refractivity contribution is 0.0773. The summed E-state index contributed by atoms with van der Waals surface area (Å²) >= 11 is 0. The maximum absolute atomic E-state index is 13.2. The number of halogens is 1. The van der Waals surface area contributed by atoms with Crippen molar-refractivity contribution in [2.75, 3.05) is 13.1 Å². The number of aryl methyl sites for hydroxylation is 1. The minimum absolute atomic E-state index is 0.0557. The average molecular weight is 351 g/mol. The van der Waals surface area contributed by atoms with E-state index >= 15 is 0 Å². The van der Waals surface area contributed by atoms with Crippen LogP contribution in [0.5, 0.6) is 0 Å². The topological polar surface area (TPSA) is 38.1 Å². The molecule has 0 N–H and O–H groups in total. The van der Waals surface area contributed by atoms with Crippen LogP contribution in [0.3, 0.4) is 0 Å². The third-order valence-electron chi connectivity index (χ3n) is 4.38. The van der Waals surface area contributed by atoms with E-state index in [2.05, 4.69) is 5.10 Å². The summed E-state index contributed by atoms with van der Waals surface area (Å²) < 4.78 is 14.9. The predicted molar refractivity (Wildman–Crippen MR) is 101 cm³/mol. The monoisotopic (exact) mass is 351 g/mol. The summed E-state index contributed by atoms with van der Waals surface area (Å²) in [6, 6.07) is 14.0. The third-order valence-corrected chi connectivity index (χ3v) is 4.38. The van der Waals surface area contributed by atoms with Gasteiger partial charge in [-0.3, -0.25) is 4.79 Å². The van der Waals surface area contributed by atoms with E-state index in [0.29, 0.717) is 30.0 Å². The van der Waals surface area contributed by atoms with Crippen LogP contribution in [-0.4, -0.2) is 33.7 Å². The number of benzene rings is 2. The number of hydrogen-bond acceptors (Lipinski definition) is 2. The Bertz CT molecular complexity index is 911. The summed E-state index contributed by atoms with van der Waals surface area (Å²) in [5.74, 6) is -0.362. The van der Waals surface area contributed by atoms with Gasteiger partial charge in [-0.2, -0.15) is 5.10 Å². The molecule has 4 nitrogen and oxygen atoms in total. The second kappa shape index (κ2) is 7.52. The van der Waals surface area contributed by atoms with Crippen LogP contribution in [0.4, 0.5) is 4.39 Å². The smallest absolute Gasteiger partial charge is 0.257 e. The van der Waals surface area contributed by atoms with Gasteiger partial charge in [-0.15, -0.1) is 0 Å². The maximum atomic E-state index is 13.2. The number of carbonyl (C=O) groups is 1. The van der Waals surface area contributed by atoms with Gasteiger partial charge in [0, 0.05) is 24.8 Å². The van der Waals surface area contributed by atoms with E-state index in [1.54, 1.807) is 27.9 Å². The molecular formula is C21H22FN3O. The zero-order chi connectivity index (χ0) is 18.7. The highest BCUT2D eigenvalue weighted by Crippen LogP contribution is 2.26. The van der Waals surface area contributed by atoms with E-state index in [1.165, 1.54) is 12.1 Å². The summed E-state index contributed by atoms with van der Waals surface area (Å²) in [5.41, 5.74) is 3.87. The fourth-order valence-corrected chi connectivity index (χ4v) is 2.94. The quantitative estimate of drug-likeness (QED) is 0.680. The van der Waals surface area contributed by atoms with E-state index in [0.717, 1.165) is 11.1 Å². The highest BCUT2D eigenvalue weighted by molar-refractivity contribution is 6.00. The van der Waals surface area contributed by atoms with E-state index in [4.69, 9.17) is 0 Å². The summed E-state index contributed by atoms with van der Waals surface area (Å²) in [7, 11) is 0. The third kappa shape index (κ3) is 3.52. The molecule has 3 aromatic rings. The minimum Gasteiger partial charge on any atom is -0.339 e. The van der Waals surface area contributed by atoms with Crippen molar-refractivity contribution in [3.8, 4) is 16.9 Å². The zero-order valence-electron chi connectivity index (χ0n) is 15.2. The summed E-state index contributed by atoms with van der Waals surface area (Å²) in [4.78, 5) is 14.8. The van der Waals surface area contributed by atoms with Crippen molar-refractivity contribution in [1.82, 2.24) is 14.7 Å². The fourth-order valence-electron chi connectivity index (χ4n) is 2.94. The molecule has 0 radical (unpaired) electrons. The van der Waals surface area contributed by atoms with Crippen LogP contribution in [0, 0.1) is 12.7 Å². The van der Waals surface area contributed by atoms with Gasteiger partial charge in [-0.1, -0.05) is 23.8 Å². The Morgan fingerprint density at radius 2 is 1.81 bits per heavy atom. The molecule has 0 fully saturated rings. The summed E-state index contributed by atoms with van der Waals surface area (Å²) in [5, 5.41) is 4.64. The van der Waals surface area contributed by atoms with Crippen molar-refractivity contribution in [3.05, 3.63) is 71.7 Å². The van der Waals surface area contributed by atoms with Gasteiger partial charge in [0.05, 0.1) is 11.3 Å². The Balaban J connectivity index is 2.14. The number of aromatic nitrogens is 2. The van der Waals surface area contributed by atoms with Crippen molar-refractivity contribution in [3.63, 3.8) is 0 Å². The Labute approximate surface area is 152 Å². The first-order valence-corrected chi connectivity index (χ1v) is 8.75. The molecule has 0 aliphatic carbocycles. The molecular weight excluding hydrogens is 329 g/mol. The largest absolute Gasteiger partial charge is 0.339 e. The lowest BCUT2D eigenvalue weighted by Gasteiger charge is -2.18. The van der Waals surface area contributed by atoms with Crippen molar-refractivity contribution in [2.24, 2.45) is 0 Å². The number of amides is 1. The second-order valence-corrected chi connectivity index (χ2v) is 6.16. The van der Waals surface area contributed by atoms with Crippen molar-refractivity contribution < 1.29 is 9.18 Å². The van der Waals surface area contributed by atoms with Gasteiger partial charge in [0.25, 0.3) is 5.91 Å². The predicted octanol–water partition coefficient (Wildman–Crippen LogP) is 4.47. The normalized spacial score (nSPS) is 10.8. The van der Waals surface area contributed by atoms with Gasteiger partial charge in [0.15, 0.2) is 0 Å². The van der Waals surface area contributed by atoms with Gasteiger partial charge < -0.3 is 4.90 Å². The van der Waals surface area contributed by atoms with Gasteiger partial charge >= 0.3 is 0 Å². The van der Waals surface area contributed by atoms with Crippen molar-refractivity contribution in [2.45, 2.75) is 20.8 Å². The van der Waals surface area contributed by atoms with Crippen LogP contribution in [0.25, 0.3) is 16.9 Å². The Kier molecular flexibility index (Phi) is 5.16. The van der Waals surface area contributed by atoms with Crippen LogP contribution in [0.2, 0.25) is 0 Å². The Morgan fingerprint density at radius 1 is 1.12 bits per heavy atom. The molecule has 5 heteroatoms. The molecule has 0 aliphatic heterocycles. The van der Waals surface area contributed by atoms with Gasteiger partial charge in [0.1, 0.15) is 11.5 Å². The van der Waals surface area contributed by atoms with Gasteiger partial charge in [-0.25, -0.2) is 9.07 Å². The highest BCUT2D eigenvalue weighted by atomic mass is 19.1. The molecule has 0 bridgehead atoms. The lowest BCUT2D eigenvalue weighted by atomic mass is 10.1. The molecule has 0 spiro atoms. The molecule has 1 heterocycles. The van der Waals surface area contributed by atoms with Crippen LogP contribution in [0.15, 0.2) is 54.7 Å². The van der Waals surface area contributed by atoms with Crippen molar-refractivity contribution in [1.29, 1.82) is 0 Å². The first kappa shape index (κ1) is 17.9. The molecule has 0 saturated heterocycles. The number of hydrogen-bond donors (Lipinski definition) is 0. The standard InChI is InChI=1S/C21H22FN3O/c1-4-24(5-2)21(26)19-14-25(18-11-9-17(22)10-12-18)23-20(19)16-8-6-7-15(3)13-16/h6-14H,4-5H2,1-3H3. The SMILES string of the molecule is CCN(CC)C(=O)c1cn(-c2ccc(F)cc2)nc1-c1cccc(C)c1. The fraction of sp³-hybridized carbons (Fsp3) is 0.238. The van der Waals surface area contributed by atoms with Crippen LogP contribution < -0.4 is 0 Å².